The molecule has 0 unspecified atom stereocenters. The van der Waals surface area contributed by atoms with Gasteiger partial charge in [-0.05, 0) is 24.3 Å². The molecule has 0 aromatic heterocycles. The summed E-state index contributed by atoms with van der Waals surface area (Å²) < 4.78 is 39.1. The van der Waals surface area contributed by atoms with E-state index in [1.165, 1.54) is 12.1 Å². The molecule has 0 heterocycles. The van der Waals surface area contributed by atoms with E-state index >= 15 is 0 Å². The number of amides is 3. The molecule has 92 valence electrons. The molecule has 0 bridgehead atoms. The third-order valence-electron chi connectivity index (χ3n) is 1.54. The highest BCUT2D eigenvalue weighted by atomic mass is 19.4. The maximum Gasteiger partial charge on any atom is 0.573 e. The van der Waals surface area contributed by atoms with E-state index in [1.807, 2.05) is 0 Å². The van der Waals surface area contributed by atoms with Crippen molar-refractivity contribution in [3.63, 3.8) is 0 Å². The summed E-state index contributed by atoms with van der Waals surface area (Å²) in [6.07, 6.45) is -4.58. The number of carbonyl (C=O) groups excluding carboxylic acids is 2. The van der Waals surface area contributed by atoms with Gasteiger partial charge in [-0.2, -0.15) is 0 Å². The Morgan fingerprint density at radius 2 is 1.82 bits per heavy atom. The number of alkyl halides is 3. The zero-order valence-corrected chi connectivity index (χ0v) is 8.25. The molecule has 3 amide bonds. The van der Waals surface area contributed by atoms with E-state index in [2.05, 4.69) is 10.1 Å². The molecule has 1 aromatic carbocycles. The number of nitrogens with one attached hydrogen (secondary N) is 2. The van der Waals surface area contributed by atoms with Gasteiger partial charge in [0, 0.05) is 5.69 Å². The molecule has 0 saturated heterocycles. The van der Waals surface area contributed by atoms with E-state index < -0.39 is 18.1 Å². The number of imide groups is 1. The second-order valence-corrected chi connectivity index (χ2v) is 2.79. The number of benzene rings is 1. The van der Waals surface area contributed by atoms with E-state index in [9.17, 15) is 22.8 Å². The van der Waals surface area contributed by atoms with Gasteiger partial charge in [0.2, 0.25) is 6.41 Å². The molecule has 0 aliphatic heterocycles. The van der Waals surface area contributed by atoms with Crippen molar-refractivity contribution >= 4 is 18.1 Å². The quantitative estimate of drug-likeness (QED) is 0.802. The maximum absolute atomic E-state index is 11.8. The average Bonchev–Trinajstić information content (AvgIpc) is 2.19. The number of hydrogen-bond donors (Lipinski definition) is 2. The van der Waals surface area contributed by atoms with E-state index in [1.54, 1.807) is 5.32 Å². The Morgan fingerprint density at radius 3 is 2.29 bits per heavy atom. The number of ether oxygens (including phenoxy) is 1. The van der Waals surface area contributed by atoms with Crippen LogP contribution in [0, 0.1) is 0 Å². The largest absolute Gasteiger partial charge is 0.573 e. The second kappa shape index (κ2) is 5.19. The Hall–Kier alpha value is -2.25. The number of carbonyl (C=O) groups is 2. The average molecular weight is 248 g/mol. The first kappa shape index (κ1) is 12.8. The SMILES string of the molecule is O=CNC(=O)Nc1ccc(OC(F)(F)F)cc1. The summed E-state index contributed by atoms with van der Waals surface area (Å²) in [4.78, 5) is 20.8. The summed E-state index contributed by atoms with van der Waals surface area (Å²) in [6.45, 7) is 0. The fourth-order valence-electron chi connectivity index (χ4n) is 0.961. The molecule has 0 atom stereocenters. The molecule has 0 aliphatic carbocycles. The monoisotopic (exact) mass is 248 g/mol. The predicted molar refractivity (Wildman–Crippen MR) is 51.3 cm³/mol. The number of hydrogen-bond acceptors (Lipinski definition) is 3. The smallest absolute Gasteiger partial charge is 0.406 e. The minimum absolute atomic E-state index is 0.177. The summed E-state index contributed by atoms with van der Waals surface area (Å²) in [5.74, 6) is -0.404. The fourth-order valence-corrected chi connectivity index (χ4v) is 0.961. The van der Waals surface area contributed by atoms with Crippen molar-refractivity contribution in [1.82, 2.24) is 5.32 Å². The molecule has 0 saturated carbocycles. The maximum atomic E-state index is 11.8. The fraction of sp³-hybridized carbons (Fsp3) is 0.111. The van der Waals surface area contributed by atoms with Crippen molar-refractivity contribution in [2.24, 2.45) is 0 Å². The first-order chi connectivity index (χ1) is 7.90. The molecular formula is C9H7F3N2O3. The zero-order valence-electron chi connectivity index (χ0n) is 8.25. The van der Waals surface area contributed by atoms with Gasteiger partial charge in [-0.15, -0.1) is 13.2 Å². The highest BCUT2D eigenvalue weighted by molar-refractivity contribution is 5.95. The second-order valence-electron chi connectivity index (χ2n) is 2.79. The highest BCUT2D eigenvalue weighted by Crippen LogP contribution is 2.23. The molecule has 2 N–H and O–H groups in total. The Morgan fingerprint density at radius 1 is 1.24 bits per heavy atom. The standard InChI is InChI=1S/C9H7F3N2O3/c10-9(11,12)17-7-3-1-6(2-4-7)14-8(16)13-5-15/h1-5H,(H2,13,14,15,16). The zero-order chi connectivity index (χ0) is 12.9. The molecule has 1 aromatic rings. The van der Waals surface area contributed by atoms with Crippen LogP contribution in [0.3, 0.4) is 0 Å². The summed E-state index contributed by atoms with van der Waals surface area (Å²) in [5.41, 5.74) is 0.221. The lowest BCUT2D eigenvalue weighted by molar-refractivity contribution is -0.274. The van der Waals surface area contributed by atoms with Gasteiger partial charge in [0.15, 0.2) is 0 Å². The molecule has 0 fully saturated rings. The van der Waals surface area contributed by atoms with Crippen molar-refractivity contribution in [1.29, 1.82) is 0 Å². The molecule has 0 radical (unpaired) electrons. The van der Waals surface area contributed by atoms with Gasteiger partial charge in [-0.25, -0.2) is 4.79 Å². The molecular weight excluding hydrogens is 241 g/mol. The molecule has 8 heteroatoms. The summed E-state index contributed by atoms with van der Waals surface area (Å²) >= 11 is 0. The van der Waals surface area contributed by atoms with Gasteiger partial charge in [0.25, 0.3) is 0 Å². The van der Waals surface area contributed by atoms with Crippen LogP contribution >= 0.6 is 0 Å². The number of urea groups is 1. The van der Waals surface area contributed by atoms with Crippen LogP contribution in [0.4, 0.5) is 23.7 Å². The van der Waals surface area contributed by atoms with Crippen molar-refractivity contribution in [3.05, 3.63) is 24.3 Å². The van der Waals surface area contributed by atoms with Gasteiger partial charge in [-0.3, -0.25) is 10.1 Å². The molecule has 0 spiro atoms. The van der Waals surface area contributed by atoms with Crippen LogP contribution in [0.1, 0.15) is 0 Å². The number of halogens is 3. The topological polar surface area (TPSA) is 67.4 Å². The summed E-state index contributed by atoms with van der Waals surface area (Å²) in [5, 5.41) is 4.02. The third-order valence-corrected chi connectivity index (χ3v) is 1.54. The van der Waals surface area contributed by atoms with Crippen LogP contribution in [0.5, 0.6) is 5.75 Å². The Kier molecular flexibility index (Phi) is 3.91. The number of anilines is 1. The molecule has 0 aliphatic rings. The Bertz CT molecular complexity index is 403. The minimum Gasteiger partial charge on any atom is -0.406 e. The van der Waals surface area contributed by atoms with Gasteiger partial charge < -0.3 is 10.1 Å². The van der Waals surface area contributed by atoms with Crippen LogP contribution < -0.4 is 15.4 Å². The lowest BCUT2D eigenvalue weighted by Gasteiger charge is -2.09. The summed E-state index contributed by atoms with van der Waals surface area (Å²) in [6, 6.07) is 3.68. The lowest BCUT2D eigenvalue weighted by atomic mass is 10.3. The van der Waals surface area contributed by atoms with E-state index in [-0.39, 0.29) is 12.1 Å². The van der Waals surface area contributed by atoms with Crippen LogP contribution in [-0.4, -0.2) is 18.8 Å². The van der Waals surface area contributed by atoms with Crippen LogP contribution in [0.15, 0.2) is 24.3 Å². The molecule has 5 nitrogen and oxygen atoms in total. The predicted octanol–water partition coefficient (Wildman–Crippen LogP) is 1.86. The minimum atomic E-state index is -4.76. The van der Waals surface area contributed by atoms with Crippen molar-refractivity contribution in [3.8, 4) is 5.75 Å². The van der Waals surface area contributed by atoms with E-state index in [4.69, 9.17) is 0 Å². The van der Waals surface area contributed by atoms with E-state index in [0.29, 0.717) is 0 Å². The molecule has 17 heavy (non-hydrogen) atoms. The van der Waals surface area contributed by atoms with Gasteiger partial charge >= 0.3 is 12.4 Å². The van der Waals surface area contributed by atoms with Gasteiger partial charge in [0.05, 0.1) is 0 Å². The lowest BCUT2D eigenvalue weighted by Crippen LogP contribution is -2.27. The molecule has 1 rings (SSSR count). The van der Waals surface area contributed by atoms with Crippen LogP contribution in [-0.2, 0) is 4.79 Å². The third kappa shape index (κ3) is 4.87. The highest BCUT2D eigenvalue weighted by Gasteiger charge is 2.30. The Balaban J connectivity index is 2.62. The van der Waals surface area contributed by atoms with Crippen LogP contribution in [0.2, 0.25) is 0 Å². The van der Waals surface area contributed by atoms with E-state index in [0.717, 1.165) is 12.1 Å². The van der Waals surface area contributed by atoms with Crippen molar-refractivity contribution < 1.29 is 27.5 Å². The Labute approximate surface area is 93.6 Å². The van der Waals surface area contributed by atoms with Gasteiger partial charge in [0.1, 0.15) is 5.75 Å². The first-order valence-electron chi connectivity index (χ1n) is 4.28. The normalized spacial score (nSPS) is 10.5. The van der Waals surface area contributed by atoms with Crippen LogP contribution in [0.25, 0.3) is 0 Å². The number of rotatable bonds is 3. The van der Waals surface area contributed by atoms with Crippen molar-refractivity contribution in [2.75, 3.05) is 5.32 Å². The van der Waals surface area contributed by atoms with Crippen molar-refractivity contribution in [2.45, 2.75) is 6.36 Å². The first-order valence-corrected chi connectivity index (χ1v) is 4.28. The summed E-state index contributed by atoms with van der Waals surface area (Å²) in [7, 11) is 0. The van der Waals surface area contributed by atoms with Gasteiger partial charge in [-0.1, -0.05) is 0 Å².